The van der Waals surface area contributed by atoms with Gasteiger partial charge in [-0.05, 0) is 12.5 Å². The van der Waals surface area contributed by atoms with Gasteiger partial charge in [0, 0.05) is 18.7 Å². The number of nitrogens with zero attached hydrogens (tertiary/aromatic N) is 1. The third kappa shape index (κ3) is 4.68. The Morgan fingerprint density at radius 3 is 2.62 bits per heavy atom. The van der Waals surface area contributed by atoms with Crippen molar-refractivity contribution in [3.63, 3.8) is 0 Å². The first-order valence-electron chi connectivity index (χ1n) is 6.08. The Balaban J connectivity index is 3.20. The van der Waals surface area contributed by atoms with Crippen molar-refractivity contribution >= 4 is 27.3 Å². The molecule has 0 unspecified atom stereocenters. The molecular formula is C11H16N4O5S. The van der Waals surface area contributed by atoms with Gasteiger partial charge in [0.15, 0.2) is 0 Å². The number of carbonyl (C=O) groups excluding carboxylic acids is 1. The van der Waals surface area contributed by atoms with Gasteiger partial charge in [0.25, 0.3) is 5.69 Å². The molecule has 0 aliphatic rings. The topological polar surface area (TPSA) is 144 Å². The molecule has 0 aromatic heterocycles. The summed E-state index contributed by atoms with van der Waals surface area (Å²) in [6.07, 6.45) is 0.705. The average molecular weight is 316 g/mol. The van der Waals surface area contributed by atoms with E-state index in [2.05, 4.69) is 5.32 Å². The molecule has 10 heteroatoms. The summed E-state index contributed by atoms with van der Waals surface area (Å²) in [6.45, 7) is 1.76. The van der Waals surface area contributed by atoms with Gasteiger partial charge in [-0.1, -0.05) is 6.92 Å². The molecule has 1 rings (SSSR count). The Hall–Kier alpha value is -2.20. The average Bonchev–Trinajstić information content (AvgIpc) is 2.42. The lowest BCUT2D eigenvalue weighted by molar-refractivity contribution is -0.384. The number of primary amides is 1. The summed E-state index contributed by atoms with van der Waals surface area (Å²) < 4.78 is 26.2. The number of non-ortho nitro benzene ring substituents is 1. The largest absolute Gasteiger partial charge is 0.384 e. The van der Waals surface area contributed by atoms with Crippen molar-refractivity contribution in [3.8, 4) is 0 Å². The fourth-order valence-corrected chi connectivity index (χ4v) is 2.66. The number of carbonyl (C=O) groups is 1. The number of amides is 1. The number of benzene rings is 1. The molecule has 116 valence electrons. The molecule has 0 fully saturated rings. The van der Waals surface area contributed by atoms with Crippen LogP contribution in [0.4, 0.5) is 11.4 Å². The van der Waals surface area contributed by atoms with Crippen molar-refractivity contribution < 1.29 is 18.1 Å². The minimum atomic E-state index is -3.99. The predicted molar refractivity (Wildman–Crippen MR) is 76.3 cm³/mol. The Kier molecular flexibility index (Phi) is 5.61. The van der Waals surface area contributed by atoms with Crippen LogP contribution in [0.2, 0.25) is 0 Å². The van der Waals surface area contributed by atoms with Gasteiger partial charge in [0.05, 0.1) is 17.2 Å². The van der Waals surface area contributed by atoms with E-state index < -0.39 is 27.4 Å². The molecule has 1 amide bonds. The summed E-state index contributed by atoms with van der Waals surface area (Å²) in [5.74, 6) is -0.830. The highest BCUT2D eigenvalue weighted by molar-refractivity contribution is 7.89. The quantitative estimate of drug-likeness (QED) is 0.461. The van der Waals surface area contributed by atoms with E-state index in [9.17, 15) is 23.3 Å². The zero-order valence-electron chi connectivity index (χ0n) is 11.3. The molecule has 0 spiro atoms. The lowest BCUT2D eigenvalue weighted by atomic mass is 10.2. The number of hydrogen-bond acceptors (Lipinski definition) is 6. The van der Waals surface area contributed by atoms with E-state index in [-0.39, 0.29) is 16.3 Å². The molecule has 9 nitrogen and oxygen atoms in total. The summed E-state index contributed by atoms with van der Waals surface area (Å²) in [7, 11) is -3.99. The van der Waals surface area contributed by atoms with Crippen LogP contribution in [-0.4, -0.2) is 32.3 Å². The van der Waals surface area contributed by atoms with Gasteiger partial charge in [-0.25, -0.2) is 13.1 Å². The lowest BCUT2D eigenvalue weighted by Crippen LogP contribution is -2.33. The highest BCUT2D eigenvalue weighted by Crippen LogP contribution is 2.26. The maximum absolute atomic E-state index is 12.1. The summed E-state index contributed by atoms with van der Waals surface area (Å²) >= 11 is 0. The number of nitro benzene ring substituents is 1. The van der Waals surface area contributed by atoms with E-state index in [0.29, 0.717) is 13.0 Å². The molecule has 0 aliphatic heterocycles. The van der Waals surface area contributed by atoms with Crippen LogP contribution < -0.4 is 15.8 Å². The zero-order valence-corrected chi connectivity index (χ0v) is 12.1. The van der Waals surface area contributed by atoms with Crippen molar-refractivity contribution in [1.29, 1.82) is 0 Å². The predicted octanol–water partition coefficient (Wildman–Crippen LogP) is 0.180. The van der Waals surface area contributed by atoms with E-state index in [1.54, 1.807) is 0 Å². The van der Waals surface area contributed by atoms with E-state index in [4.69, 9.17) is 5.73 Å². The second-order valence-corrected chi connectivity index (χ2v) is 5.89. The molecule has 0 radical (unpaired) electrons. The highest BCUT2D eigenvalue weighted by Gasteiger charge is 2.21. The number of sulfonamides is 1. The van der Waals surface area contributed by atoms with Gasteiger partial charge in [-0.3, -0.25) is 14.9 Å². The number of nitro groups is 1. The fraction of sp³-hybridized carbons (Fsp3) is 0.364. The molecule has 0 bridgehead atoms. The van der Waals surface area contributed by atoms with Gasteiger partial charge in [0.1, 0.15) is 4.90 Å². The normalized spacial score (nSPS) is 11.1. The Bertz CT molecular complexity index is 644. The SMILES string of the molecule is CCCNc1cc([N+](=O)[O-])ccc1S(=O)(=O)NCC(N)=O. The van der Waals surface area contributed by atoms with Crippen molar-refractivity contribution in [2.24, 2.45) is 5.73 Å². The lowest BCUT2D eigenvalue weighted by Gasteiger charge is -2.12. The van der Waals surface area contributed by atoms with Crippen LogP contribution in [0.15, 0.2) is 23.1 Å². The van der Waals surface area contributed by atoms with Crippen LogP contribution in [0.5, 0.6) is 0 Å². The third-order valence-electron chi connectivity index (χ3n) is 2.47. The van der Waals surface area contributed by atoms with Crippen molar-refractivity contribution in [2.45, 2.75) is 18.2 Å². The van der Waals surface area contributed by atoms with Crippen LogP contribution in [0.1, 0.15) is 13.3 Å². The van der Waals surface area contributed by atoms with Gasteiger partial charge in [-0.2, -0.15) is 0 Å². The third-order valence-corrected chi connectivity index (χ3v) is 3.92. The minimum absolute atomic E-state index is 0.100. The maximum atomic E-state index is 12.1. The number of rotatable bonds is 8. The van der Waals surface area contributed by atoms with E-state index >= 15 is 0 Å². The van der Waals surface area contributed by atoms with Crippen molar-refractivity contribution in [3.05, 3.63) is 28.3 Å². The molecule has 21 heavy (non-hydrogen) atoms. The molecule has 4 N–H and O–H groups in total. The van der Waals surface area contributed by atoms with Gasteiger partial charge >= 0.3 is 0 Å². The Morgan fingerprint density at radius 2 is 2.10 bits per heavy atom. The van der Waals surface area contributed by atoms with Crippen LogP contribution in [0.25, 0.3) is 0 Å². The second kappa shape index (κ2) is 6.99. The number of nitrogens with two attached hydrogens (primary N) is 1. The number of hydrogen-bond donors (Lipinski definition) is 3. The zero-order chi connectivity index (χ0) is 16.0. The number of nitrogens with one attached hydrogen (secondary N) is 2. The highest BCUT2D eigenvalue weighted by atomic mass is 32.2. The van der Waals surface area contributed by atoms with Gasteiger partial charge in [0.2, 0.25) is 15.9 Å². The van der Waals surface area contributed by atoms with Crippen LogP contribution in [0, 0.1) is 10.1 Å². The molecule has 0 aliphatic carbocycles. The van der Waals surface area contributed by atoms with E-state index in [1.807, 2.05) is 11.6 Å². The summed E-state index contributed by atoms with van der Waals surface area (Å²) in [4.78, 5) is 20.6. The Morgan fingerprint density at radius 1 is 1.43 bits per heavy atom. The van der Waals surface area contributed by atoms with Crippen molar-refractivity contribution in [1.82, 2.24) is 4.72 Å². The van der Waals surface area contributed by atoms with E-state index in [1.165, 1.54) is 0 Å². The smallest absolute Gasteiger partial charge is 0.271 e. The van der Waals surface area contributed by atoms with Crippen LogP contribution in [0.3, 0.4) is 0 Å². The standard InChI is InChI=1S/C11H16N4O5S/c1-2-5-13-9-6-8(15(17)18)3-4-10(9)21(19,20)14-7-11(12)16/h3-4,6,13-14H,2,5,7H2,1H3,(H2,12,16). The molecule has 1 aromatic rings. The molecular weight excluding hydrogens is 300 g/mol. The minimum Gasteiger partial charge on any atom is -0.384 e. The summed E-state index contributed by atoms with van der Waals surface area (Å²) in [5, 5.41) is 13.6. The Labute approximate surface area is 121 Å². The maximum Gasteiger partial charge on any atom is 0.271 e. The van der Waals surface area contributed by atoms with Crippen LogP contribution >= 0.6 is 0 Å². The number of anilines is 1. The second-order valence-electron chi connectivity index (χ2n) is 4.16. The molecule has 1 aromatic carbocycles. The molecule has 0 heterocycles. The summed E-state index contributed by atoms with van der Waals surface area (Å²) in [6, 6.07) is 3.32. The first-order valence-corrected chi connectivity index (χ1v) is 7.56. The molecule has 0 saturated heterocycles. The van der Waals surface area contributed by atoms with Crippen LogP contribution in [-0.2, 0) is 14.8 Å². The first kappa shape index (κ1) is 16.9. The summed E-state index contributed by atoms with van der Waals surface area (Å²) in [5.41, 5.74) is 4.76. The van der Waals surface area contributed by atoms with E-state index in [0.717, 1.165) is 18.2 Å². The fourth-order valence-electron chi connectivity index (χ4n) is 1.51. The monoisotopic (exact) mass is 316 g/mol. The first-order chi connectivity index (χ1) is 9.77. The molecule has 0 saturated carbocycles. The van der Waals surface area contributed by atoms with Gasteiger partial charge in [-0.15, -0.1) is 0 Å². The van der Waals surface area contributed by atoms with Crippen molar-refractivity contribution in [2.75, 3.05) is 18.4 Å². The molecule has 0 atom stereocenters. The van der Waals surface area contributed by atoms with Gasteiger partial charge < -0.3 is 11.1 Å².